The van der Waals surface area contributed by atoms with Crippen LogP contribution in [0, 0.1) is 0 Å². The van der Waals surface area contributed by atoms with Gasteiger partial charge in [0.25, 0.3) is 0 Å². The summed E-state index contributed by atoms with van der Waals surface area (Å²) in [5.41, 5.74) is 1.09. The third-order valence-electron chi connectivity index (χ3n) is 2.27. The van der Waals surface area contributed by atoms with Crippen LogP contribution in [0.4, 0.5) is 0 Å². The van der Waals surface area contributed by atoms with Gasteiger partial charge in [-0.15, -0.1) is 0 Å². The number of rotatable bonds is 0. The summed E-state index contributed by atoms with van der Waals surface area (Å²) in [6.07, 6.45) is 0. The molecule has 2 rings (SSSR count). The van der Waals surface area contributed by atoms with E-state index in [9.17, 15) is 0 Å². The summed E-state index contributed by atoms with van der Waals surface area (Å²) >= 11 is 3.46. The number of benzene rings is 1. The fourth-order valence-electron chi connectivity index (χ4n) is 1.62. The molecule has 0 spiro atoms. The molecule has 0 aliphatic carbocycles. The number of ether oxygens (including phenoxy) is 1. The molecule has 1 aromatic rings. The minimum Gasteiger partial charge on any atom is -0.486 e. The lowest BCUT2D eigenvalue weighted by Gasteiger charge is -2.24. The van der Waals surface area contributed by atoms with Gasteiger partial charge in [0.15, 0.2) is 0 Å². The van der Waals surface area contributed by atoms with Crippen LogP contribution in [0.5, 0.6) is 5.75 Å². The predicted molar refractivity (Wildman–Crippen MR) is 60.6 cm³/mol. The standard InChI is InChI=1S/C11H14BrNO/c1-11(2)7-13-6-8-5-9(12)3-4-10(8)14-11/h3-5,13H,6-7H2,1-2H3. The zero-order valence-electron chi connectivity index (χ0n) is 8.43. The number of hydrogen-bond donors (Lipinski definition) is 1. The quantitative estimate of drug-likeness (QED) is 0.770. The summed E-state index contributed by atoms with van der Waals surface area (Å²) in [6, 6.07) is 6.14. The molecule has 0 amide bonds. The van der Waals surface area contributed by atoms with Crippen molar-refractivity contribution < 1.29 is 4.74 Å². The Hall–Kier alpha value is -0.540. The molecule has 3 heteroatoms. The van der Waals surface area contributed by atoms with Crippen molar-refractivity contribution in [1.29, 1.82) is 0 Å². The maximum absolute atomic E-state index is 5.92. The van der Waals surface area contributed by atoms with Crippen molar-refractivity contribution in [1.82, 2.24) is 5.32 Å². The van der Waals surface area contributed by atoms with Crippen LogP contribution < -0.4 is 10.1 Å². The van der Waals surface area contributed by atoms with Gasteiger partial charge in [-0.1, -0.05) is 15.9 Å². The van der Waals surface area contributed by atoms with Crippen LogP contribution in [0.3, 0.4) is 0 Å². The maximum atomic E-state index is 5.92. The van der Waals surface area contributed by atoms with E-state index < -0.39 is 0 Å². The molecular formula is C11H14BrNO. The van der Waals surface area contributed by atoms with Crippen molar-refractivity contribution in [3.8, 4) is 5.75 Å². The van der Waals surface area contributed by atoms with E-state index in [0.717, 1.165) is 23.3 Å². The average Bonchev–Trinajstić information content (AvgIpc) is 2.22. The fourth-order valence-corrected chi connectivity index (χ4v) is 2.03. The smallest absolute Gasteiger partial charge is 0.124 e. The molecule has 1 aliphatic heterocycles. The van der Waals surface area contributed by atoms with Gasteiger partial charge in [0, 0.05) is 23.1 Å². The summed E-state index contributed by atoms with van der Waals surface area (Å²) in [7, 11) is 0. The van der Waals surface area contributed by atoms with Crippen molar-refractivity contribution in [2.24, 2.45) is 0 Å². The van der Waals surface area contributed by atoms with Gasteiger partial charge in [0.2, 0.25) is 0 Å². The molecule has 76 valence electrons. The molecule has 0 aromatic heterocycles. The van der Waals surface area contributed by atoms with Crippen LogP contribution >= 0.6 is 15.9 Å². The molecule has 0 atom stereocenters. The Morgan fingerprint density at radius 3 is 3.00 bits per heavy atom. The summed E-state index contributed by atoms with van der Waals surface area (Å²) in [5, 5.41) is 3.38. The van der Waals surface area contributed by atoms with Gasteiger partial charge >= 0.3 is 0 Å². The van der Waals surface area contributed by atoms with Gasteiger partial charge in [-0.2, -0.15) is 0 Å². The zero-order chi connectivity index (χ0) is 10.2. The van der Waals surface area contributed by atoms with Gasteiger partial charge in [-0.25, -0.2) is 0 Å². The van der Waals surface area contributed by atoms with Gasteiger partial charge in [0.1, 0.15) is 11.4 Å². The van der Waals surface area contributed by atoms with Crippen LogP contribution in [-0.4, -0.2) is 12.1 Å². The highest BCUT2D eigenvalue weighted by Crippen LogP contribution is 2.28. The highest BCUT2D eigenvalue weighted by atomic mass is 79.9. The highest BCUT2D eigenvalue weighted by molar-refractivity contribution is 9.10. The average molecular weight is 256 g/mol. The Morgan fingerprint density at radius 1 is 1.43 bits per heavy atom. The summed E-state index contributed by atoms with van der Waals surface area (Å²) < 4.78 is 7.01. The fraction of sp³-hybridized carbons (Fsp3) is 0.455. The summed E-state index contributed by atoms with van der Waals surface area (Å²) in [4.78, 5) is 0. The minimum atomic E-state index is -0.126. The second-order valence-corrected chi connectivity index (χ2v) is 5.13. The molecular weight excluding hydrogens is 242 g/mol. The van der Waals surface area contributed by atoms with Crippen molar-refractivity contribution in [2.75, 3.05) is 6.54 Å². The number of halogens is 1. The topological polar surface area (TPSA) is 21.3 Å². The lowest BCUT2D eigenvalue weighted by molar-refractivity contribution is 0.115. The van der Waals surface area contributed by atoms with E-state index in [1.165, 1.54) is 5.56 Å². The zero-order valence-corrected chi connectivity index (χ0v) is 10.0. The van der Waals surface area contributed by atoms with Crippen LogP contribution in [0.15, 0.2) is 22.7 Å². The van der Waals surface area contributed by atoms with E-state index in [2.05, 4.69) is 41.2 Å². The molecule has 2 nitrogen and oxygen atoms in total. The highest BCUT2D eigenvalue weighted by Gasteiger charge is 2.23. The van der Waals surface area contributed by atoms with E-state index >= 15 is 0 Å². The van der Waals surface area contributed by atoms with Crippen LogP contribution in [0.25, 0.3) is 0 Å². The first-order valence-corrected chi connectivity index (χ1v) is 5.54. The second kappa shape index (κ2) is 3.55. The molecule has 0 saturated heterocycles. The molecule has 0 saturated carbocycles. The molecule has 0 fully saturated rings. The van der Waals surface area contributed by atoms with Crippen LogP contribution in [0.2, 0.25) is 0 Å². The van der Waals surface area contributed by atoms with Gasteiger partial charge in [-0.3, -0.25) is 0 Å². The normalized spacial score (nSPS) is 19.4. The first kappa shape index (κ1) is 9.99. The molecule has 1 heterocycles. The van der Waals surface area contributed by atoms with E-state index in [1.807, 2.05) is 12.1 Å². The molecule has 0 unspecified atom stereocenters. The maximum Gasteiger partial charge on any atom is 0.124 e. The SMILES string of the molecule is CC1(C)CNCc2cc(Br)ccc2O1. The lowest BCUT2D eigenvalue weighted by Crippen LogP contribution is -2.37. The summed E-state index contributed by atoms with van der Waals surface area (Å²) in [6.45, 7) is 5.94. The third-order valence-corrected chi connectivity index (χ3v) is 2.77. The molecule has 0 bridgehead atoms. The minimum absolute atomic E-state index is 0.126. The van der Waals surface area contributed by atoms with Crippen LogP contribution in [-0.2, 0) is 6.54 Å². The molecule has 1 aromatic carbocycles. The van der Waals surface area contributed by atoms with Crippen LogP contribution in [0.1, 0.15) is 19.4 Å². The van der Waals surface area contributed by atoms with Crippen molar-refractivity contribution in [2.45, 2.75) is 26.0 Å². The summed E-state index contributed by atoms with van der Waals surface area (Å²) in [5.74, 6) is 0.989. The Morgan fingerprint density at radius 2 is 2.21 bits per heavy atom. The van der Waals surface area contributed by atoms with E-state index in [-0.39, 0.29) is 5.60 Å². The Labute approximate surface area is 92.8 Å². The van der Waals surface area contributed by atoms with Crippen molar-refractivity contribution in [3.63, 3.8) is 0 Å². The van der Waals surface area contributed by atoms with E-state index in [4.69, 9.17) is 4.74 Å². The van der Waals surface area contributed by atoms with E-state index in [1.54, 1.807) is 0 Å². The van der Waals surface area contributed by atoms with Gasteiger partial charge in [-0.05, 0) is 32.0 Å². The first-order valence-electron chi connectivity index (χ1n) is 4.75. The predicted octanol–water partition coefficient (Wildman–Crippen LogP) is 2.71. The molecule has 14 heavy (non-hydrogen) atoms. The molecule has 1 N–H and O–H groups in total. The Bertz CT molecular complexity index is 349. The monoisotopic (exact) mass is 255 g/mol. The second-order valence-electron chi connectivity index (χ2n) is 4.22. The van der Waals surface area contributed by atoms with Gasteiger partial charge in [0.05, 0.1) is 0 Å². The number of nitrogens with one attached hydrogen (secondary N) is 1. The molecule has 0 radical (unpaired) electrons. The Balaban J connectivity index is 2.37. The number of hydrogen-bond acceptors (Lipinski definition) is 2. The first-order chi connectivity index (χ1) is 6.57. The van der Waals surface area contributed by atoms with Gasteiger partial charge < -0.3 is 10.1 Å². The molecule has 1 aliphatic rings. The number of fused-ring (bicyclic) bond motifs is 1. The third kappa shape index (κ3) is 2.10. The van der Waals surface area contributed by atoms with E-state index in [0.29, 0.717) is 0 Å². The van der Waals surface area contributed by atoms with Crippen molar-refractivity contribution >= 4 is 15.9 Å². The lowest BCUT2D eigenvalue weighted by atomic mass is 10.1. The largest absolute Gasteiger partial charge is 0.486 e. The van der Waals surface area contributed by atoms with Crippen molar-refractivity contribution in [3.05, 3.63) is 28.2 Å². The Kier molecular flexibility index (Phi) is 2.54.